The summed E-state index contributed by atoms with van der Waals surface area (Å²) in [6.45, 7) is 2.32. The molecular formula is C19H21N5O. The second-order valence-electron chi connectivity index (χ2n) is 6.49. The number of hydrogen-bond donors (Lipinski definition) is 1. The molecule has 2 aromatic heterocycles. The number of rotatable bonds is 4. The van der Waals surface area contributed by atoms with E-state index in [0.717, 1.165) is 47.8 Å². The maximum absolute atomic E-state index is 12.2. The topological polar surface area (TPSA) is 63.1 Å². The monoisotopic (exact) mass is 336 g/mol. The smallest absolute Gasteiger partial charge is 0.239 e. The number of benzene rings is 1. The van der Waals surface area contributed by atoms with E-state index in [-0.39, 0.29) is 12.1 Å². The van der Waals surface area contributed by atoms with Gasteiger partial charge >= 0.3 is 0 Å². The molecular weight excluding hydrogens is 314 g/mol. The van der Waals surface area contributed by atoms with Gasteiger partial charge in [0.25, 0.3) is 0 Å². The quantitative estimate of drug-likeness (QED) is 0.796. The molecule has 3 heterocycles. The lowest BCUT2D eigenvalue weighted by Crippen LogP contribution is -2.31. The van der Waals surface area contributed by atoms with E-state index in [1.165, 1.54) is 0 Å². The van der Waals surface area contributed by atoms with Crippen LogP contribution in [0.15, 0.2) is 42.8 Å². The SMILES string of the molecule is [2H]c1nc(NC(=O)CN2CCCC2)cc2cc(-c3cnn(C)c3)ccc12. The average Bonchev–Trinajstić information content (AvgIpc) is 3.26. The first kappa shape index (κ1) is 14.6. The highest BCUT2D eigenvalue weighted by molar-refractivity contribution is 5.94. The van der Waals surface area contributed by atoms with Crippen LogP contribution in [0.1, 0.15) is 14.2 Å². The highest BCUT2D eigenvalue weighted by Crippen LogP contribution is 2.25. The Morgan fingerprint density at radius 3 is 2.84 bits per heavy atom. The molecule has 0 aliphatic carbocycles. The Hall–Kier alpha value is -2.73. The summed E-state index contributed by atoms with van der Waals surface area (Å²) in [4.78, 5) is 18.6. The van der Waals surface area contributed by atoms with Crippen molar-refractivity contribution >= 4 is 22.5 Å². The second kappa shape index (κ2) is 6.64. The van der Waals surface area contributed by atoms with Gasteiger partial charge in [-0.1, -0.05) is 12.1 Å². The van der Waals surface area contributed by atoms with Crippen LogP contribution in [0.5, 0.6) is 0 Å². The Balaban J connectivity index is 1.60. The summed E-state index contributed by atoms with van der Waals surface area (Å²) in [5, 5.41) is 8.68. The number of nitrogens with one attached hydrogen (secondary N) is 1. The zero-order valence-electron chi connectivity index (χ0n) is 15.2. The van der Waals surface area contributed by atoms with E-state index in [0.29, 0.717) is 12.4 Å². The van der Waals surface area contributed by atoms with E-state index in [1.807, 2.05) is 43.7 Å². The second-order valence-corrected chi connectivity index (χ2v) is 6.49. The van der Waals surface area contributed by atoms with Crippen LogP contribution in [0.2, 0.25) is 0 Å². The molecule has 6 heteroatoms. The molecule has 1 fully saturated rings. The molecule has 1 amide bonds. The number of carbonyl (C=O) groups is 1. The highest BCUT2D eigenvalue weighted by atomic mass is 16.2. The fourth-order valence-corrected chi connectivity index (χ4v) is 3.22. The number of likely N-dealkylation sites (tertiary alicyclic amines) is 1. The number of pyridine rings is 1. The molecule has 0 spiro atoms. The lowest BCUT2D eigenvalue weighted by Gasteiger charge is -2.14. The first-order valence-electron chi connectivity index (χ1n) is 9.01. The molecule has 25 heavy (non-hydrogen) atoms. The largest absolute Gasteiger partial charge is 0.310 e. The van der Waals surface area contributed by atoms with Gasteiger partial charge in [0.05, 0.1) is 14.1 Å². The van der Waals surface area contributed by atoms with Gasteiger partial charge in [-0.05, 0) is 49.0 Å². The first-order valence-corrected chi connectivity index (χ1v) is 8.51. The van der Waals surface area contributed by atoms with Gasteiger partial charge < -0.3 is 5.32 Å². The summed E-state index contributed by atoms with van der Waals surface area (Å²) < 4.78 is 9.92. The van der Waals surface area contributed by atoms with Gasteiger partial charge in [0.1, 0.15) is 5.82 Å². The van der Waals surface area contributed by atoms with E-state index in [2.05, 4.69) is 20.3 Å². The van der Waals surface area contributed by atoms with Gasteiger partial charge in [-0.15, -0.1) is 0 Å². The van der Waals surface area contributed by atoms with Crippen LogP contribution in [0.25, 0.3) is 21.9 Å². The minimum absolute atomic E-state index is 0.0819. The van der Waals surface area contributed by atoms with Gasteiger partial charge in [-0.3, -0.25) is 14.4 Å². The van der Waals surface area contributed by atoms with Crippen molar-refractivity contribution in [2.75, 3.05) is 25.0 Å². The molecule has 1 aromatic carbocycles. The Morgan fingerprint density at radius 1 is 1.24 bits per heavy atom. The predicted octanol–water partition coefficient (Wildman–Crippen LogP) is 2.67. The van der Waals surface area contributed by atoms with Gasteiger partial charge in [0.15, 0.2) is 0 Å². The molecule has 1 aliphatic rings. The molecule has 1 N–H and O–H groups in total. The van der Waals surface area contributed by atoms with E-state index in [1.54, 1.807) is 4.68 Å². The van der Waals surface area contributed by atoms with Crippen molar-refractivity contribution in [1.29, 1.82) is 0 Å². The lowest BCUT2D eigenvalue weighted by molar-refractivity contribution is -0.117. The number of hydrogen-bond acceptors (Lipinski definition) is 4. The summed E-state index contributed by atoms with van der Waals surface area (Å²) in [6, 6.07) is 7.69. The highest BCUT2D eigenvalue weighted by Gasteiger charge is 2.15. The number of anilines is 1. The maximum Gasteiger partial charge on any atom is 0.239 e. The van der Waals surface area contributed by atoms with E-state index >= 15 is 0 Å². The normalized spacial score (nSPS) is 15.5. The molecule has 0 bridgehead atoms. The van der Waals surface area contributed by atoms with Crippen molar-refractivity contribution in [2.45, 2.75) is 12.8 Å². The van der Waals surface area contributed by atoms with E-state index in [4.69, 9.17) is 1.37 Å². The standard InChI is InChI=1S/C19H21N5O/c1-23-12-17(11-21-23)14-4-5-15-10-20-18(9-16(15)8-14)22-19(25)13-24-6-2-3-7-24/h4-5,8-12H,2-3,6-7,13H2,1H3,(H,20,22,25)/i10D. The number of carbonyl (C=O) groups excluding carboxylic acids is 1. The van der Waals surface area contributed by atoms with Crippen LogP contribution in [-0.2, 0) is 11.8 Å². The van der Waals surface area contributed by atoms with Crippen molar-refractivity contribution in [2.24, 2.45) is 7.05 Å². The number of fused-ring (bicyclic) bond motifs is 1. The number of aryl methyl sites for hydroxylation is 1. The summed E-state index contributed by atoms with van der Waals surface area (Å²) >= 11 is 0. The maximum atomic E-state index is 12.2. The molecule has 1 saturated heterocycles. The van der Waals surface area contributed by atoms with Gasteiger partial charge in [-0.2, -0.15) is 5.10 Å². The molecule has 0 atom stereocenters. The van der Waals surface area contributed by atoms with Crippen LogP contribution in [0.3, 0.4) is 0 Å². The first-order chi connectivity index (χ1) is 12.6. The zero-order chi connectivity index (χ0) is 18.1. The Labute approximate surface area is 147 Å². The third-order valence-electron chi connectivity index (χ3n) is 4.51. The van der Waals surface area contributed by atoms with Crippen molar-refractivity contribution in [3.8, 4) is 11.1 Å². The molecule has 0 saturated carbocycles. The number of aromatic nitrogens is 3. The van der Waals surface area contributed by atoms with E-state index in [9.17, 15) is 4.79 Å². The average molecular weight is 336 g/mol. The molecule has 4 rings (SSSR count). The molecule has 0 unspecified atom stereocenters. The molecule has 128 valence electrons. The zero-order valence-corrected chi connectivity index (χ0v) is 14.2. The van der Waals surface area contributed by atoms with Gasteiger partial charge in [-0.25, -0.2) is 4.98 Å². The van der Waals surface area contributed by atoms with Crippen LogP contribution < -0.4 is 5.32 Å². The third-order valence-corrected chi connectivity index (χ3v) is 4.51. The van der Waals surface area contributed by atoms with Crippen LogP contribution in [-0.4, -0.2) is 45.2 Å². The number of nitrogens with zero attached hydrogens (tertiary/aromatic N) is 4. The number of amides is 1. The van der Waals surface area contributed by atoms with Crippen LogP contribution in [0.4, 0.5) is 5.82 Å². The summed E-state index contributed by atoms with van der Waals surface area (Å²) in [6.07, 6.45) is 6.22. The fourth-order valence-electron chi connectivity index (χ4n) is 3.22. The van der Waals surface area contributed by atoms with Gasteiger partial charge in [0.2, 0.25) is 5.91 Å². The van der Waals surface area contributed by atoms with Crippen molar-refractivity contribution < 1.29 is 6.17 Å². The fraction of sp³-hybridized carbons (Fsp3) is 0.316. The molecule has 0 radical (unpaired) electrons. The van der Waals surface area contributed by atoms with Crippen molar-refractivity contribution in [1.82, 2.24) is 19.7 Å². The van der Waals surface area contributed by atoms with E-state index < -0.39 is 0 Å². The minimum Gasteiger partial charge on any atom is -0.310 e. The molecule has 1 aliphatic heterocycles. The predicted molar refractivity (Wildman–Crippen MR) is 98.2 cm³/mol. The summed E-state index contributed by atoms with van der Waals surface area (Å²) in [5.74, 6) is 0.344. The summed E-state index contributed by atoms with van der Waals surface area (Å²) in [5.41, 5.74) is 2.03. The van der Waals surface area contributed by atoms with Gasteiger partial charge in [0, 0.05) is 30.4 Å². The molecule has 6 nitrogen and oxygen atoms in total. The Morgan fingerprint density at radius 2 is 2.08 bits per heavy atom. The van der Waals surface area contributed by atoms with Crippen LogP contribution >= 0.6 is 0 Å². The lowest BCUT2D eigenvalue weighted by atomic mass is 10.1. The Bertz CT molecular complexity index is 962. The van der Waals surface area contributed by atoms with Crippen molar-refractivity contribution in [3.63, 3.8) is 0 Å². The third kappa shape index (κ3) is 3.53. The minimum atomic E-state index is -0.0819. The summed E-state index contributed by atoms with van der Waals surface area (Å²) in [7, 11) is 1.88. The van der Waals surface area contributed by atoms with Crippen molar-refractivity contribution in [3.05, 3.63) is 42.8 Å². The molecule has 3 aromatic rings. The Kier molecular flexibility index (Phi) is 3.88. The van der Waals surface area contributed by atoms with Crippen LogP contribution in [0, 0.1) is 0 Å².